The van der Waals surface area contributed by atoms with Gasteiger partial charge in [0.15, 0.2) is 5.16 Å². The Balaban J connectivity index is 1.79. The van der Waals surface area contributed by atoms with Gasteiger partial charge in [-0.05, 0) is 43.0 Å². The maximum absolute atomic E-state index is 12.8. The Hall–Kier alpha value is -1.83. The molecular formula is C19H20ClN3O2S2. The van der Waals surface area contributed by atoms with E-state index in [0.717, 1.165) is 11.3 Å². The van der Waals surface area contributed by atoms with Crippen molar-refractivity contribution in [3.8, 4) is 0 Å². The molecule has 1 amide bonds. The summed E-state index contributed by atoms with van der Waals surface area (Å²) in [6.07, 6.45) is 0.801. The van der Waals surface area contributed by atoms with E-state index in [1.165, 1.54) is 11.8 Å². The summed E-state index contributed by atoms with van der Waals surface area (Å²) < 4.78 is 1.64. The second kappa shape index (κ2) is 8.91. The highest BCUT2D eigenvalue weighted by Gasteiger charge is 2.15. The number of fused-ring (bicyclic) bond motifs is 1. The lowest BCUT2D eigenvalue weighted by Crippen LogP contribution is -2.28. The van der Waals surface area contributed by atoms with Crippen LogP contribution in [0.4, 0.5) is 0 Å². The lowest BCUT2D eigenvalue weighted by molar-refractivity contribution is -0.119. The number of amides is 1. The fourth-order valence-corrected chi connectivity index (χ4v) is 4.46. The summed E-state index contributed by atoms with van der Waals surface area (Å²) in [5.41, 5.74) is 0.447. The van der Waals surface area contributed by atoms with Gasteiger partial charge in [0.05, 0.1) is 22.7 Å². The van der Waals surface area contributed by atoms with E-state index in [-0.39, 0.29) is 23.3 Å². The fraction of sp³-hybridized carbons (Fsp3) is 0.316. The van der Waals surface area contributed by atoms with Crippen molar-refractivity contribution >= 4 is 51.5 Å². The molecule has 0 aliphatic carbocycles. The largest absolute Gasteiger partial charge is 0.348 e. The molecule has 1 unspecified atom stereocenters. The number of carbonyl (C=O) groups excluding carboxylic acids is 1. The third-order valence-corrected chi connectivity index (χ3v) is 6.28. The molecule has 2 heterocycles. The summed E-state index contributed by atoms with van der Waals surface area (Å²) in [5, 5.41) is 6.57. The van der Waals surface area contributed by atoms with Gasteiger partial charge in [0.25, 0.3) is 5.56 Å². The second-order valence-electron chi connectivity index (χ2n) is 6.11. The molecular weight excluding hydrogens is 402 g/mol. The SMILES string of the molecule is CCCn1c(SCC(=O)NC(C)c2cccs2)nc2cc(Cl)ccc2c1=O. The summed E-state index contributed by atoms with van der Waals surface area (Å²) in [5.74, 6) is 0.0992. The molecule has 27 heavy (non-hydrogen) atoms. The molecule has 0 aliphatic heterocycles. The molecule has 142 valence electrons. The minimum absolute atomic E-state index is 0.0423. The highest BCUT2D eigenvalue weighted by Crippen LogP contribution is 2.22. The van der Waals surface area contributed by atoms with Crippen LogP contribution in [0.5, 0.6) is 0 Å². The summed E-state index contributed by atoms with van der Waals surface area (Å²) in [4.78, 5) is 30.8. The number of hydrogen-bond donors (Lipinski definition) is 1. The summed E-state index contributed by atoms with van der Waals surface area (Å²) >= 11 is 8.92. The topological polar surface area (TPSA) is 64.0 Å². The molecule has 2 aromatic heterocycles. The molecule has 3 aromatic rings. The first kappa shape index (κ1) is 19.9. The van der Waals surface area contributed by atoms with E-state index < -0.39 is 0 Å². The van der Waals surface area contributed by atoms with Crippen LogP contribution in [0.3, 0.4) is 0 Å². The number of halogens is 1. The minimum Gasteiger partial charge on any atom is -0.348 e. The predicted octanol–water partition coefficient (Wildman–Crippen LogP) is 4.49. The highest BCUT2D eigenvalue weighted by molar-refractivity contribution is 7.99. The van der Waals surface area contributed by atoms with Crippen molar-refractivity contribution in [2.75, 3.05) is 5.75 Å². The average molecular weight is 422 g/mol. The number of rotatable bonds is 7. The molecule has 0 aliphatic rings. The van der Waals surface area contributed by atoms with Gasteiger partial charge in [0, 0.05) is 16.4 Å². The highest BCUT2D eigenvalue weighted by atomic mass is 35.5. The number of thioether (sulfide) groups is 1. The molecule has 8 heteroatoms. The summed E-state index contributed by atoms with van der Waals surface area (Å²) in [6.45, 7) is 4.51. The van der Waals surface area contributed by atoms with Crippen molar-refractivity contribution < 1.29 is 4.79 Å². The number of nitrogens with one attached hydrogen (secondary N) is 1. The first-order valence-corrected chi connectivity index (χ1v) is 10.9. The third kappa shape index (κ3) is 4.72. The number of nitrogens with zero attached hydrogens (tertiary/aromatic N) is 2. The minimum atomic E-state index is -0.103. The maximum Gasteiger partial charge on any atom is 0.262 e. The Kier molecular flexibility index (Phi) is 6.57. The van der Waals surface area contributed by atoms with Gasteiger partial charge in [-0.15, -0.1) is 11.3 Å². The average Bonchev–Trinajstić information content (AvgIpc) is 3.17. The Morgan fingerprint density at radius 3 is 2.93 bits per heavy atom. The van der Waals surface area contributed by atoms with Crippen LogP contribution < -0.4 is 10.9 Å². The molecule has 5 nitrogen and oxygen atoms in total. The van der Waals surface area contributed by atoms with Gasteiger partial charge in [-0.25, -0.2) is 4.98 Å². The van der Waals surface area contributed by atoms with Gasteiger partial charge in [-0.3, -0.25) is 14.2 Å². The van der Waals surface area contributed by atoms with Gasteiger partial charge in [-0.1, -0.05) is 36.4 Å². The van der Waals surface area contributed by atoms with Crippen LogP contribution in [-0.2, 0) is 11.3 Å². The fourth-order valence-electron chi connectivity index (χ4n) is 2.73. The van der Waals surface area contributed by atoms with Crippen molar-refractivity contribution in [3.63, 3.8) is 0 Å². The number of aromatic nitrogens is 2. The van der Waals surface area contributed by atoms with E-state index in [4.69, 9.17) is 11.6 Å². The molecule has 0 spiro atoms. The van der Waals surface area contributed by atoms with Crippen LogP contribution >= 0.6 is 34.7 Å². The van der Waals surface area contributed by atoms with Gasteiger partial charge in [0.1, 0.15) is 0 Å². The van der Waals surface area contributed by atoms with Gasteiger partial charge >= 0.3 is 0 Å². The van der Waals surface area contributed by atoms with Crippen LogP contribution in [0.15, 0.2) is 45.7 Å². The number of benzene rings is 1. The predicted molar refractivity (Wildman–Crippen MR) is 113 cm³/mol. The quantitative estimate of drug-likeness (QED) is 0.451. The first-order chi connectivity index (χ1) is 13.0. The molecule has 3 rings (SSSR count). The van der Waals surface area contributed by atoms with E-state index in [1.54, 1.807) is 34.1 Å². The molecule has 1 N–H and O–H groups in total. The normalized spacial score (nSPS) is 12.3. The van der Waals surface area contributed by atoms with Crippen LogP contribution in [0, 0.1) is 0 Å². The zero-order valence-electron chi connectivity index (χ0n) is 15.1. The molecule has 1 aromatic carbocycles. The van der Waals surface area contributed by atoms with Crippen molar-refractivity contribution in [3.05, 3.63) is 56.0 Å². The van der Waals surface area contributed by atoms with Crippen molar-refractivity contribution in [2.45, 2.75) is 38.0 Å². The van der Waals surface area contributed by atoms with Gasteiger partial charge in [0.2, 0.25) is 5.91 Å². The van der Waals surface area contributed by atoms with Crippen molar-refractivity contribution in [1.82, 2.24) is 14.9 Å². The summed E-state index contributed by atoms with van der Waals surface area (Å²) in [7, 11) is 0. The smallest absolute Gasteiger partial charge is 0.262 e. The van der Waals surface area contributed by atoms with Crippen LogP contribution in [0.25, 0.3) is 10.9 Å². The summed E-state index contributed by atoms with van der Waals surface area (Å²) in [6, 6.07) is 8.98. The van der Waals surface area contributed by atoms with Crippen molar-refractivity contribution in [2.24, 2.45) is 0 Å². The standard InChI is InChI=1S/C19H20ClN3O2S2/c1-3-8-23-18(25)14-7-6-13(20)10-15(14)22-19(23)27-11-17(24)21-12(2)16-5-4-9-26-16/h4-7,9-10,12H,3,8,11H2,1-2H3,(H,21,24). The van der Waals surface area contributed by atoms with Crippen LogP contribution in [0.2, 0.25) is 5.02 Å². The zero-order chi connectivity index (χ0) is 19.4. The first-order valence-electron chi connectivity index (χ1n) is 8.65. The Labute approximate surface area is 170 Å². The van der Waals surface area contributed by atoms with Gasteiger partial charge in [-0.2, -0.15) is 0 Å². The second-order valence-corrected chi connectivity index (χ2v) is 8.46. The lowest BCUT2D eigenvalue weighted by Gasteiger charge is -2.14. The Bertz CT molecular complexity index is 1000. The Morgan fingerprint density at radius 2 is 2.22 bits per heavy atom. The van der Waals surface area contributed by atoms with Crippen molar-refractivity contribution in [1.29, 1.82) is 0 Å². The molecule has 0 fully saturated rings. The van der Waals surface area contributed by atoms with E-state index in [1.807, 2.05) is 31.4 Å². The molecule has 0 saturated heterocycles. The lowest BCUT2D eigenvalue weighted by atomic mass is 10.2. The van der Waals surface area contributed by atoms with E-state index in [9.17, 15) is 9.59 Å². The third-order valence-electron chi connectivity index (χ3n) is 4.01. The number of carbonyl (C=O) groups is 1. The maximum atomic E-state index is 12.8. The number of thiophene rings is 1. The Morgan fingerprint density at radius 1 is 1.41 bits per heavy atom. The zero-order valence-corrected chi connectivity index (χ0v) is 17.5. The monoisotopic (exact) mass is 421 g/mol. The number of hydrogen-bond acceptors (Lipinski definition) is 5. The molecule has 1 atom stereocenters. The molecule has 0 saturated carbocycles. The van der Waals surface area contributed by atoms with E-state index in [2.05, 4.69) is 10.3 Å². The van der Waals surface area contributed by atoms with E-state index in [0.29, 0.717) is 27.6 Å². The van der Waals surface area contributed by atoms with Crippen LogP contribution in [-0.4, -0.2) is 21.2 Å². The van der Waals surface area contributed by atoms with E-state index >= 15 is 0 Å². The molecule has 0 radical (unpaired) electrons. The molecule has 0 bridgehead atoms. The van der Waals surface area contributed by atoms with Gasteiger partial charge < -0.3 is 5.32 Å². The van der Waals surface area contributed by atoms with Crippen LogP contribution in [0.1, 0.15) is 31.2 Å².